The van der Waals surface area contributed by atoms with E-state index in [0.717, 1.165) is 10.4 Å². The lowest BCUT2D eigenvalue weighted by atomic mass is 10.2. The van der Waals surface area contributed by atoms with Crippen LogP contribution in [0.15, 0.2) is 59.0 Å². The number of hydrogen-bond acceptors (Lipinski definition) is 5. The van der Waals surface area contributed by atoms with Crippen molar-refractivity contribution in [2.75, 3.05) is 14.1 Å². The molecule has 1 amide bonds. The second-order valence-electron chi connectivity index (χ2n) is 6.28. The van der Waals surface area contributed by atoms with Crippen LogP contribution in [0.4, 0.5) is 0 Å². The van der Waals surface area contributed by atoms with Gasteiger partial charge in [-0.3, -0.25) is 14.2 Å². The normalized spacial score (nSPS) is 12.1. The Morgan fingerprint density at radius 2 is 2.07 bits per heavy atom. The highest BCUT2D eigenvalue weighted by atomic mass is 32.2. The Bertz CT molecular complexity index is 1040. The van der Waals surface area contributed by atoms with Gasteiger partial charge in [-0.2, -0.15) is 0 Å². The summed E-state index contributed by atoms with van der Waals surface area (Å²) in [6.07, 6.45) is 1.67. The predicted molar refractivity (Wildman–Crippen MR) is 114 cm³/mol. The molecular formula is C20H21N3O2S2. The molecule has 0 unspecified atom stereocenters. The Morgan fingerprint density at radius 3 is 2.70 bits per heavy atom. The molecule has 0 aliphatic carbocycles. The molecule has 3 aromatic rings. The van der Waals surface area contributed by atoms with E-state index < -0.39 is 0 Å². The monoisotopic (exact) mass is 399 g/mol. The van der Waals surface area contributed by atoms with Crippen molar-refractivity contribution in [1.29, 1.82) is 0 Å². The number of amides is 1. The van der Waals surface area contributed by atoms with Crippen LogP contribution in [0.2, 0.25) is 0 Å². The SMILES string of the molecule is C=CCn1c(S[C@@H](C)C(=O)N(C)C)nc2cc(-c3ccccc3)sc2c1=O. The highest BCUT2D eigenvalue weighted by molar-refractivity contribution is 8.00. The van der Waals surface area contributed by atoms with Gasteiger partial charge < -0.3 is 4.90 Å². The predicted octanol–water partition coefficient (Wildman–Crippen LogP) is 3.88. The quantitative estimate of drug-likeness (QED) is 0.359. The molecule has 0 bridgehead atoms. The molecule has 3 rings (SSSR count). The smallest absolute Gasteiger partial charge is 0.272 e. The highest BCUT2D eigenvalue weighted by Gasteiger charge is 2.21. The first-order valence-electron chi connectivity index (χ1n) is 8.51. The molecule has 140 valence electrons. The third-order valence-corrected chi connectivity index (χ3v) is 6.28. The van der Waals surface area contributed by atoms with E-state index in [1.165, 1.54) is 23.1 Å². The first-order chi connectivity index (χ1) is 12.9. The molecule has 27 heavy (non-hydrogen) atoms. The Hall–Kier alpha value is -2.38. The zero-order valence-electron chi connectivity index (χ0n) is 15.5. The Kier molecular flexibility index (Phi) is 5.82. The van der Waals surface area contributed by atoms with E-state index in [1.54, 1.807) is 29.6 Å². The first kappa shape index (κ1) is 19.4. The lowest BCUT2D eigenvalue weighted by Gasteiger charge is -2.17. The van der Waals surface area contributed by atoms with Gasteiger partial charge in [0.15, 0.2) is 5.16 Å². The zero-order valence-corrected chi connectivity index (χ0v) is 17.1. The van der Waals surface area contributed by atoms with E-state index in [-0.39, 0.29) is 16.7 Å². The van der Waals surface area contributed by atoms with Crippen molar-refractivity contribution >= 4 is 39.2 Å². The van der Waals surface area contributed by atoms with E-state index in [4.69, 9.17) is 4.98 Å². The minimum atomic E-state index is -0.340. The number of benzene rings is 1. The molecule has 0 fully saturated rings. The summed E-state index contributed by atoms with van der Waals surface area (Å²) in [4.78, 5) is 32.5. The fourth-order valence-corrected chi connectivity index (χ4v) is 4.80. The van der Waals surface area contributed by atoms with Gasteiger partial charge in [-0.05, 0) is 18.6 Å². The molecule has 1 aromatic carbocycles. The van der Waals surface area contributed by atoms with Crippen LogP contribution in [0, 0.1) is 0 Å². The van der Waals surface area contributed by atoms with E-state index in [0.29, 0.717) is 21.9 Å². The summed E-state index contributed by atoms with van der Waals surface area (Å²) < 4.78 is 2.21. The van der Waals surface area contributed by atoms with Gasteiger partial charge in [0.2, 0.25) is 5.91 Å². The van der Waals surface area contributed by atoms with E-state index in [2.05, 4.69) is 6.58 Å². The van der Waals surface area contributed by atoms with Crippen LogP contribution in [0.25, 0.3) is 20.7 Å². The van der Waals surface area contributed by atoms with Gasteiger partial charge in [0.05, 0.1) is 10.8 Å². The van der Waals surface area contributed by atoms with Crippen LogP contribution in [0.3, 0.4) is 0 Å². The molecule has 2 aromatic heterocycles. The molecule has 0 aliphatic rings. The third kappa shape index (κ3) is 3.99. The van der Waals surface area contributed by atoms with Gasteiger partial charge in [0.1, 0.15) is 4.70 Å². The number of aromatic nitrogens is 2. The molecular weight excluding hydrogens is 378 g/mol. The average molecular weight is 400 g/mol. The van der Waals surface area contributed by atoms with Crippen LogP contribution < -0.4 is 5.56 Å². The summed E-state index contributed by atoms with van der Waals surface area (Å²) in [5, 5.41) is 0.195. The van der Waals surface area contributed by atoms with Crippen LogP contribution in [-0.4, -0.2) is 39.7 Å². The number of thioether (sulfide) groups is 1. The first-order valence-corrected chi connectivity index (χ1v) is 10.2. The van der Waals surface area contributed by atoms with Gasteiger partial charge in [-0.15, -0.1) is 17.9 Å². The highest BCUT2D eigenvalue weighted by Crippen LogP contribution is 2.32. The molecule has 5 nitrogen and oxygen atoms in total. The van der Waals surface area contributed by atoms with Crippen LogP contribution in [0.1, 0.15) is 6.92 Å². The Labute approximate surface area is 166 Å². The lowest BCUT2D eigenvalue weighted by molar-refractivity contribution is -0.127. The minimum absolute atomic E-state index is 0.0187. The largest absolute Gasteiger partial charge is 0.348 e. The van der Waals surface area contributed by atoms with Crippen molar-refractivity contribution in [2.24, 2.45) is 0 Å². The van der Waals surface area contributed by atoms with Crippen molar-refractivity contribution in [1.82, 2.24) is 14.5 Å². The molecule has 0 N–H and O–H groups in total. The maximum absolute atomic E-state index is 13.0. The topological polar surface area (TPSA) is 55.2 Å². The minimum Gasteiger partial charge on any atom is -0.348 e. The molecule has 0 radical (unpaired) electrons. The van der Waals surface area contributed by atoms with Crippen LogP contribution in [0.5, 0.6) is 0 Å². The fourth-order valence-electron chi connectivity index (χ4n) is 2.69. The summed E-state index contributed by atoms with van der Waals surface area (Å²) in [6, 6.07) is 11.9. The number of allylic oxidation sites excluding steroid dienone is 1. The van der Waals surface area contributed by atoms with Crippen LogP contribution in [-0.2, 0) is 11.3 Å². The van der Waals surface area contributed by atoms with E-state index in [1.807, 2.05) is 43.3 Å². The van der Waals surface area contributed by atoms with Crippen molar-refractivity contribution < 1.29 is 4.79 Å². The van der Waals surface area contributed by atoms with E-state index in [9.17, 15) is 9.59 Å². The number of hydrogen-bond donors (Lipinski definition) is 0. The molecule has 2 heterocycles. The second kappa shape index (κ2) is 8.10. The molecule has 0 saturated heterocycles. The summed E-state index contributed by atoms with van der Waals surface area (Å²) in [6.45, 7) is 5.92. The van der Waals surface area contributed by atoms with Gasteiger partial charge >= 0.3 is 0 Å². The van der Waals surface area contributed by atoms with Crippen LogP contribution >= 0.6 is 23.1 Å². The number of thiophene rings is 1. The Morgan fingerprint density at radius 1 is 1.37 bits per heavy atom. The molecule has 1 atom stereocenters. The van der Waals surface area contributed by atoms with Gasteiger partial charge in [0.25, 0.3) is 5.56 Å². The van der Waals surface area contributed by atoms with Crippen molar-refractivity contribution in [3.05, 3.63) is 59.4 Å². The van der Waals surface area contributed by atoms with Crippen molar-refractivity contribution in [2.45, 2.75) is 23.9 Å². The summed E-state index contributed by atoms with van der Waals surface area (Å²) in [7, 11) is 3.44. The lowest BCUT2D eigenvalue weighted by Crippen LogP contribution is -2.31. The molecule has 0 spiro atoms. The zero-order chi connectivity index (χ0) is 19.6. The number of rotatable bonds is 6. The summed E-state index contributed by atoms with van der Waals surface area (Å²) >= 11 is 2.74. The Balaban J connectivity index is 2.10. The van der Waals surface area contributed by atoms with Gasteiger partial charge in [-0.25, -0.2) is 4.98 Å². The number of nitrogens with zero attached hydrogens (tertiary/aromatic N) is 3. The second-order valence-corrected chi connectivity index (χ2v) is 8.64. The van der Waals surface area contributed by atoms with Gasteiger partial charge in [0, 0.05) is 25.5 Å². The maximum atomic E-state index is 13.0. The fraction of sp³-hybridized carbons (Fsp3) is 0.250. The maximum Gasteiger partial charge on any atom is 0.272 e. The molecule has 0 aliphatic heterocycles. The average Bonchev–Trinajstić information content (AvgIpc) is 3.09. The summed E-state index contributed by atoms with van der Waals surface area (Å²) in [5.41, 5.74) is 1.62. The summed E-state index contributed by atoms with van der Waals surface area (Å²) in [5.74, 6) is -0.0187. The van der Waals surface area contributed by atoms with Crippen molar-refractivity contribution in [3.8, 4) is 10.4 Å². The third-order valence-electron chi connectivity index (χ3n) is 4.04. The molecule has 7 heteroatoms. The van der Waals surface area contributed by atoms with Gasteiger partial charge in [-0.1, -0.05) is 48.2 Å². The number of fused-ring (bicyclic) bond motifs is 1. The number of carbonyl (C=O) groups is 1. The standard InChI is InChI=1S/C20H21N3O2S2/c1-5-11-23-19(25)17-15(12-16(27-17)14-9-7-6-8-10-14)21-20(23)26-13(2)18(24)22(3)4/h5-10,12-13H,1,11H2,2-4H3/t13-/m0/s1. The number of carbonyl (C=O) groups excluding carboxylic acids is 1. The van der Waals surface area contributed by atoms with Crippen molar-refractivity contribution in [3.63, 3.8) is 0 Å². The molecule has 0 saturated carbocycles. The van der Waals surface area contributed by atoms with E-state index >= 15 is 0 Å².